The van der Waals surface area contributed by atoms with E-state index < -0.39 is 17.5 Å². The highest BCUT2D eigenvalue weighted by Crippen LogP contribution is 2.27. The topological polar surface area (TPSA) is 104 Å². The van der Waals surface area contributed by atoms with Gasteiger partial charge in [0.2, 0.25) is 0 Å². The van der Waals surface area contributed by atoms with Crippen LogP contribution in [0.25, 0.3) is 5.57 Å². The van der Waals surface area contributed by atoms with Gasteiger partial charge >= 0.3 is 11.9 Å². The van der Waals surface area contributed by atoms with Crippen molar-refractivity contribution in [1.29, 1.82) is 0 Å². The van der Waals surface area contributed by atoms with Gasteiger partial charge in [0, 0.05) is 10.4 Å². The molecule has 162 valence electrons. The second-order valence-electron chi connectivity index (χ2n) is 7.28. The zero-order chi connectivity index (χ0) is 22.3. The average molecular weight is 433 g/mol. The number of hydrogen-bond donors (Lipinski definition) is 3. The second kappa shape index (κ2) is 10.4. The largest absolute Gasteiger partial charge is 0.489 e. The van der Waals surface area contributed by atoms with Crippen LogP contribution in [0, 0.1) is 0 Å². The van der Waals surface area contributed by atoms with Gasteiger partial charge in [-0.05, 0) is 67.8 Å². The summed E-state index contributed by atoms with van der Waals surface area (Å²) in [5, 5.41) is 30.6. The second-order valence-corrected chi connectivity index (χ2v) is 8.19. The minimum Gasteiger partial charge on any atom is -0.489 e. The fraction of sp³-hybridized carbons (Fsp3) is 0.391. The van der Waals surface area contributed by atoms with Crippen molar-refractivity contribution < 1.29 is 29.6 Å². The van der Waals surface area contributed by atoms with Gasteiger partial charge in [-0.1, -0.05) is 19.9 Å². The van der Waals surface area contributed by atoms with Crippen molar-refractivity contribution in [3.05, 3.63) is 57.3 Å². The molecule has 0 radical (unpaired) electrons. The molecular weight excluding hydrogens is 404 g/mol. The van der Waals surface area contributed by atoms with E-state index in [0.29, 0.717) is 5.75 Å². The van der Waals surface area contributed by atoms with Crippen LogP contribution in [-0.4, -0.2) is 32.9 Å². The number of carboxylic acid groups (broad SMARTS) is 2. The molecule has 1 aromatic heterocycles. The van der Waals surface area contributed by atoms with Crippen LogP contribution >= 0.6 is 11.3 Å². The molecular formula is C23H28O6S. The van der Waals surface area contributed by atoms with E-state index >= 15 is 0 Å². The molecule has 0 aliphatic heterocycles. The first-order valence-electron chi connectivity index (χ1n) is 9.89. The maximum absolute atomic E-state index is 11.3. The number of carboxylic acids is 2. The lowest BCUT2D eigenvalue weighted by molar-refractivity contribution is 0.0246. The average Bonchev–Trinajstić information content (AvgIpc) is 3.20. The summed E-state index contributed by atoms with van der Waals surface area (Å²) in [6.07, 6.45) is 5.16. The van der Waals surface area contributed by atoms with Crippen molar-refractivity contribution >= 4 is 28.8 Å². The Labute approximate surface area is 180 Å². The highest BCUT2D eigenvalue weighted by molar-refractivity contribution is 7.11. The Morgan fingerprint density at radius 1 is 1.10 bits per heavy atom. The maximum Gasteiger partial charge on any atom is 0.336 e. The number of ether oxygens (including phenoxy) is 1. The smallest absolute Gasteiger partial charge is 0.336 e. The maximum atomic E-state index is 11.3. The van der Waals surface area contributed by atoms with Gasteiger partial charge in [-0.15, -0.1) is 11.3 Å². The third-order valence-corrected chi connectivity index (χ3v) is 6.39. The molecule has 0 aliphatic rings. The Morgan fingerprint density at radius 2 is 1.77 bits per heavy atom. The van der Waals surface area contributed by atoms with E-state index in [-0.39, 0.29) is 17.7 Å². The Hall–Kier alpha value is -2.64. The van der Waals surface area contributed by atoms with Gasteiger partial charge < -0.3 is 20.1 Å². The quantitative estimate of drug-likeness (QED) is 0.436. The number of hydrogen-bond acceptors (Lipinski definition) is 5. The molecule has 0 spiro atoms. The molecule has 1 aromatic carbocycles. The number of carbonyl (C=O) groups is 2. The molecule has 3 N–H and O–H groups in total. The lowest BCUT2D eigenvalue weighted by Gasteiger charge is -2.24. The van der Waals surface area contributed by atoms with Crippen molar-refractivity contribution in [2.75, 3.05) is 0 Å². The molecule has 30 heavy (non-hydrogen) atoms. The van der Waals surface area contributed by atoms with Gasteiger partial charge in [-0.25, -0.2) is 9.59 Å². The number of thiophene rings is 1. The summed E-state index contributed by atoms with van der Waals surface area (Å²) in [5.41, 5.74) is 0.909. The Balaban J connectivity index is 2.01. The van der Waals surface area contributed by atoms with Gasteiger partial charge in [-0.2, -0.15) is 0 Å². The standard InChI is InChI=1S/C23H28O6S/c1-4-23(28,5-2)10-6-7-15(3)20-11-16(14-30-20)13-29-17-8-9-18(21(24)25)19(12-17)22(26)27/h7-9,11-12,14,28H,4-6,10,13H2,1-3H3,(H,24,25)(H,26,27)/b15-7+. The van der Waals surface area contributed by atoms with Crippen LogP contribution in [0.2, 0.25) is 0 Å². The highest BCUT2D eigenvalue weighted by Gasteiger charge is 2.20. The molecule has 0 saturated heterocycles. The molecule has 2 aromatic rings. The highest BCUT2D eigenvalue weighted by atomic mass is 32.1. The van der Waals surface area contributed by atoms with Gasteiger partial charge in [0.05, 0.1) is 16.7 Å². The SMILES string of the molecule is CCC(O)(CC)CC/C=C(\C)c1cc(COc2ccc(C(=O)O)c(C(=O)O)c2)cs1. The van der Waals surface area contributed by atoms with Crippen molar-refractivity contribution in [2.24, 2.45) is 0 Å². The molecule has 0 bridgehead atoms. The zero-order valence-electron chi connectivity index (χ0n) is 17.5. The molecule has 2 rings (SSSR count). The van der Waals surface area contributed by atoms with Gasteiger partial charge in [0.1, 0.15) is 12.4 Å². The van der Waals surface area contributed by atoms with E-state index in [4.69, 9.17) is 9.84 Å². The van der Waals surface area contributed by atoms with Gasteiger partial charge in [-0.3, -0.25) is 0 Å². The summed E-state index contributed by atoms with van der Waals surface area (Å²) in [7, 11) is 0. The Kier molecular flexibility index (Phi) is 8.20. The van der Waals surface area contributed by atoms with Crippen molar-refractivity contribution in [1.82, 2.24) is 0 Å². The summed E-state index contributed by atoms with van der Waals surface area (Å²) in [6, 6.07) is 5.94. The lowest BCUT2D eigenvalue weighted by atomic mass is 9.91. The first-order chi connectivity index (χ1) is 14.2. The van der Waals surface area contributed by atoms with E-state index in [1.54, 1.807) is 11.3 Å². The predicted octanol–water partition coefficient (Wildman–Crippen LogP) is 5.46. The molecule has 0 atom stereocenters. The van der Waals surface area contributed by atoms with E-state index in [9.17, 15) is 19.8 Å². The predicted molar refractivity (Wildman–Crippen MR) is 117 cm³/mol. The molecule has 0 saturated carbocycles. The van der Waals surface area contributed by atoms with Crippen LogP contribution in [0.4, 0.5) is 0 Å². The van der Waals surface area contributed by atoms with E-state index in [0.717, 1.165) is 41.7 Å². The molecule has 0 amide bonds. The first kappa shape index (κ1) is 23.6. The fourth-order valence-corrected chi connectivity index (χ4v) is 3.97. The number of rotatable bonds is 11. The van der Waals surface area contributed by atoms with Crippen LogP contribution in [0.1, 0.15) is 77.6 Å². The van der Waals surface area contributed by atoms with Crippen LogP contribution in [0.15, 0.2) is 35.7 Å². The Morgan fingerprint density at radius 3 is 2.37 bits per heavy atom. The van der Waals surface area contributed by atoms with Crippen LogP contribution in [0.3, 0.4) is 0 Å². The number of benzene rings is 1. The minimum absolute atomic E-state index is 0.251. The van der Waals surface area contributed by atoms with Gasteiger partial charge in [0.15, 0.2) is 0 Å². The first-order valence-corrected chi connectivity index (χ1v) is 10.8. The van der Waals surface area contributed by atoms with E-state index in [2.05, 4.69) is 6.08 Å². The molecule has 0 fully saturated rings. The summed E-state index contributed by atoms with van der Waals surface area (Å²) < 4.78 is 5.66. The molecule has 0 unspecified atom stereocenters. The fourth-order valence-electron chi connectivity index (χ4n) is 3.06. The van der Waals surface area contributed by atoms with Crippen LogP contribution in [-0.2, 0) is 6.61 Å². The van der Waals surface area contributed by atoms with Crippen molar-refractivity contribution in [3.8, 4) is 5.75 Å². The van der Waals surface area contributed by atoms with E-state index in [1.807, 2.05) is 32.2 Å². The normalized spacial score (nSPS) is 12.1. The molecule has 7 heteroatoms. The molecule has 0 aliphatic carbocycles. The third-order valence-electron chi connectivity index (χ3n) is 5.28. The number of allylic oxidation sites excluding steroid dienone is 2. The summed E-state index contributed by atoms with van der Waals surface area (Å²) >= 11 is 1.59. The Bertz CT molecular complexity index is 924. The summed E-state index contributed by atoms with van der Waals surface area (Å²) in [6.45, 7) is 6.29. The van der Waals surface area contributed by atoms with Crippen LogP contribution < -0.4 is 4.74 Å². The molecule has 6 nitrogen and oxygen atoms in total. The summed E-state index contributed by atoms with van der Waals surface area (Å²) in [4.78, 5) is 23.5. The molecule has 1 heterocycles. The zero-order valence-corrected chi connectivity index (χ0v) is 18.3. The lowest BCUT2D eigenvalue weighted by Crippen LogP contribution is -2.25. The monoisotopic (exact) mass is 432 g/mol. The van der Waals surface area contributed by atoms with Gasteiger partial charge in [0.25, 0.3) is 0 Å². The van der Waals surface area contributed by atoms with Crippen molar-refractivity contribution in [3.63, 3.8) is 0 Å². The van der Waals surface area contributed by atoms with Crippen LogP contribution in [0.5, 0.6) is 5.75 Å². The number of aromatic carboxylic acids is 2. The number of aliphatic hydroxyl groups is 1. The minimum atomic E-state index is -1.31. The van der Waals surface area contributed by atoms with E-state index in [1.165, 1.54) is 18.2 Å². The summed E-state index contributed by atoms with van der Waals surface area (Å²) in [5.74, 6) is -2.30. The van der Waals surface area contributed by atoms with Crippen molar-refractivity contribution in [2.45, 2.75) is 58.7 Å². The third kappa shape index (κ3) is 6.18.